The maximum absolute atomic E-state index is 13.1. The lowest BCUT2D eigenvalue weighted by atomic mass is 9.43. The molecule has 2 bridgehead atoms. The maximum Gasteiger partial charge on any atom is 0.482 e. The van der Waals surface area contributed by atoms with Crippen LogP contribution in [0.3, 0.4) is 0 Å². The monoisotopic (exact) mass is 523 g/mol. The van der Waals surface area contributed by atoms with E-state index in [0.29, 0.717) is 30.2 Å². The summed E-state index contributed by atoms with van der Waals surface area (Å²) in [4.78, 5) is 26.8. The zero-order valence-corrected chi connectivity index (χ0v) is 23.5. The number of nitrogens with one attached hydrogen (secondary N) is 1. The van der Waals surface area contributed by atoms with E-state index in [2.05, 4.69) is 26.1 Å². The Bertz CT molecular complexity index is 1160. The molecular weight excluding hydrogens is 485 g/mol. The van der Waals surface area contributed by atoms with Crippen molar-refractivity contribution in [3.8, 4) is 0 Å². The number of carbonyl (C=O) groups excluding carboxylic acids is 2. The molecule has 8 heteroatoms. The Morgan fingerprint density at radius 2 is 1.97 bits per heavy atom. The van der Waals surface area contributed by atoms with Crippen molar-refractivity contribution in [1.29, 1.82) is 0 Å². The molecule has 1 aromatic carbocycles. The van der Waals surface area contributed by atoms with E-state index in [1.165, 1.54) is 6.42 Å². The van der Waals surface area contributed by atoms with Crippen LogP contribution >= 0.6 is 11.3 Å². The van der Waals surface area contributed by atoms with Gasteiger partial charge >= 0.3 is 13.1 Å². The van der Waals surface area contributed by atoms with Crippen molar-refractivity contribution in [3.63, 3.8) is 0 Å². The number of esters is 1. The molecule has 0 unspecified atom stereocenters. The van der Waals surface area contributed by atoms with Crippen molar-refractivity contribution < 1.29 is 23.6 Å². The van der Waals surface area contributed by atoms with Crippen LogP contribution in [0.25, 0.3) is 0 Å². The highest BCUT2D eigenvalue weighted by Gasteiger charge is 2.68. The number of hydrogen-bond donors (Lipinski definition) is 1. The number of hydrogen-bond acceptors (Lipinski definition) is 6. The average molecular weight is 524 g/mol. The first-order chi connectivity index (χ1) is 17.3. The average Bonchev–Trinajstić information content (AvgIpc) is 3.44. The van der Waals surface area contributed by atoms with Gasteiger partial charge in [-0.15, -0.1) is 11.3 Å². The molecule has 0 radical (unpaired) electrons. The van der Waals surface area contributed by atoms with Crippen LogP contribution < -0.4 is 5.32 Å². The van der Waals surface area contributed by atoms with Gasteiger partial charge in [0.05, 0.1) is 29.6 Å². The molecule has 6 nitrogen and oxygen atoms in total. The van der Waals surface area contributed by atoms with E-state index in [4.69, 9.17) is 14.0 Å². The van der Waals surface area contributed by atoms with E-state index in [0.717, 1.165) is 16.9 Å². The molecular formula is C29H38BNO5S. The van der Waals surface area contributed by atoms with Gasteiger partial charge < -0.3 is 19.4 Å². The highest BCUT2D eigenvalue weighted by molar-refractivity contribution is 7.10. The zero-order valence-electron chi connectivity index (χ0n) is 22.7. The van der Waals surface area contributed by atoms with Crippen LogP contribution in [0.15, 0.2) is 41.8 Å². The molecule has 3 saturated carbocycles. The van der Waals surface area contributed by atoms with Crippen molar-refractivity contribution in [2.45, 2.75) is 90.5 Å². The molecule has 5 atom stereocenters. The normalized spacial score (nSPS) is 28.7. The fraction of sp³-hybridized carbons (Fsp3) is 0.586. The minimum absolute atomic E-state index is 0.0269. The Kier molecular flexibility index (Phi) is 6.82. The number of amides is 1. The maximum atomic E-state index is 13.1. The Morgan fingerprint density at radius 1 is 1.19 bits per heavy atom. The van der Waals surface area contributed by atoms with Crippen LogP contribution in [0, 0.1) is 17.3 Å². The fourth-order valence-corrected chi connectivity index (χ4v) is 7.24. The highest BCUT2D eigenvalue weighted by atomic mass is 32.1. The van der Waals surface area contributed by atoms with E-state index in [1.807, 2.05) is 56.5 Å². The Morgan fingerprint density at radius 3 is 2.65 bits per heavy atom. The van der Waals surface area contributed by atoms with E-state index in [-0.39, 0.29) is 34.9 Å². The van der Waals surface area contributed by atoms with Gasteiger partial charge in [0.15, 0.2) is 0 Å². The van der Waals surface area contributed by atoms with Crippen molar-refractivity contribution in [1.82, 2.24) is 5.32 Å². The van der Waals surface area contributed by atoms with Crippen LogP contribution in [-0.2, 0) is 31.7 Å². The molecule has 198 valence electrons. The lowest BCUT2D eigenvalue weighted by Gasteiger charge is -2.64. The van der Waals surface area contributed by atoms with Gasteiger partial charge in [-0.1, -0.05) is 32.0 Å². The molecule has 4 fully saturated rings. The minimum atomic E-state index is -0.572. The molecule has 1 saturated heterocycles. The van der Waals surface area contributed by atoms with E-state index >= 15 is 0 Å². The van der Waals surface area contributed by atoms with Crippen LogP contribution in [0.5, 0.6) is 0 Å². The topological polar surface area (TPSA) is 73.9 Å². The second kappa shape index (κ2) is 9.55. The van der Waals surface area contributed by atoms with Crippen molar-refractivity contribution in [3.05, 3.63) is 57.8 Å². The van der Waals surface area contributed by atoms with Crippen LogP contribution in [0.1, 0.15) is 75.2 Å². The van der Waals surface area contributed by atoms with E-state index in [1.54, 1.807) is 17.4 Å². The zero-order chi connectivity index (χ0) is 26.6. The molecule has 37 heavy (non-hydrogen) atoms. The third-order valence-electron chi connectivity index (χ3n) is 8.58. The van der Waals surface area contributed by atoms with Crippen LogP contribution in [-0.4, -0.2) is 42.2 Å². The number of rotatable bonds is 7. The molecule has 1 amide bonds. The van der Waals surface area contributed by atoms with Crippen molar-refractivity contribution in [2.75, 3.05) is 0 Å². The molecule has 0 spiro atoms. The fourth-order valence-electron chi connectivity index (χ4n) is 6.53. The molecule has 1 aromatic heterocycles. The Labute approximate surface area is 224 Å². The molecule has 1 aliphatic heterocycles. The van der Waals surface area contributed by atoms with Crippen molar-refractivity contribution in [2.24, 2.45) is 17.3 Å². The predicted molar refractivity (Wildman–Crippen MR) is 145 cm³/mol. The second-order valence-corrected chi connectivity index (χ2v) is 13.7. The first-order valence-electron chi connectivity index (χ1n) is 13.3. The Hall–Kier alpha value is -2.16. The molecule has 1 N–H and O–H groups in total. The first-order valence-corrected chi connectivity index (χ1v) is 14.2. The SMILES string of the molecule is CC(C)(C)OC(=O)c1cccc(C[C@H](NC(=O)Cc2cccs2)B2O[C@@H]3C[C@@H]4C[C@@H](C4(C)C)[C@]3(C)O2)c1. The summed E-state index contributed by atoms with van der Waals surface area (Å²) in [6.45, 7) is 12.4. The van der Waals surface area contributed by atoms with Gasteiger partial charge in [0, 0.05) is 4.88 Å². The summed E-state index contributed by atoms with van der Waals surface area (Å²) >= 11 is 1.57. The van der Waals surface area contributed by atoms with Gasteiger partial charge in [-0.25, -0.2) is 4.79 Å². The first kappa shape index (κ1) is 26.5. The molecule has 6 rings (SSSR count). The summed E-state index contributed by atoms with van der Waals surface area (Å²) in [7, 11) is -0.553. The van der Waals surface area contributed by atoms with Gasteiger partial charge in [-0.05, 0) is 93.4 Å². The number of thiophene rings is 1. The van der Waals surface area contributed by atoms with E-state index < -0.39 is 12.7 Å². The summed E-state index contributed by atoms with van der Waals surface area (Å²) in [6.07, 6.45) is 2.98. The molecule has 2 aromatic rings. The quantitative estimate of drug-likeness (QED) is 0.397. The molecule has 3 aliphatic carbocycles. The standard InChI is InChI=1S/C29H38BNO5S/c1-27(2,3)34-26(33)19-10-7-9-18(13-19)14-24(31-25(32)17-21-11-8-12-37-21)30-35-23-16-20-15-22(28(20,4)5)29(23,6)36-30/h7-13,20,22-24H,14-17H2,1-6H3,(H,31,32)/t20-,22-,23+,24-,29-/m0/s1. The molecule has 2 heterocycles. The van der Waals surface area contributed by atoms with Crippen molar-refractivity contribution >= 4 is 30.3 Å². The summed E-state index contributed by atoms with van der Waals surface area (Å²) in [6, 6.07) is 11.3. The summed E-state index contributed by atoms with van der Waals surface area (Å²) in [5, 5.41) is 5.19. The van der Waals surface area contributed by atoms with Crippen LogP contribution in [0.2, 0.25) is 0 Å². The van der Waals surface area contributed by atoms with Gasteiger partial charge in [0.2, 0.25) is 5.91 Å². The molecule has 4 aliphatic rings. The number of carbonyl (C=O) groups is 2. The van der Waals surface area contributed by atoms with Gasteiger partial charge in [-0.3, -0.25) is 4.79 Å². The largest absolute Gasteiger partial charge is 0.482 e. The summed E-state index contributed by atoms with van der Waals surface area (Å²) in [5.41, 5.74) is 0.715. The Balaban J connectivity index is 1.36. The summed E-state index contributed by atoms with van der Waals surface area (Å²) in [5.74, 6) is 0.278. The third kappa shape index (κ3) is 5.25. The lowest BCUT2D eigenvalue weighted by molar-refractivity contribution is -0.199. The van der Waals surface area contributed by atoms with Gasteiger partial charge in [0.1, 0.15) is 5.60 Å². The van der Waals surface area contributed by atoms with E-state index in [9.17, 15) is 9.59 Å². The van der Waals surface area contributed by atoms with Gasteiger partial charge in [0.25, 0.3) is 0 Å². The smallest absolute Gasteiger partial charge is 0.456 e. The minimum Gasteiger partial charge on any atom is -0.456 e. The third-order valence-corrected chi connectivity index (χ3v) is 9.45. The predicted octanol–water partition coefficient (Wildman–Crippen LogP) is 5.24. The lowest BCUT2D eigenvalue weighted by Crippen LogP contribution is -2.65. The highest BCUT2D eigenvalue weighted by Crippen LogP contribution is 2.65. The second-order valence-electron chi connectivity index (χ2n) is 12.7. The van der Waals surface area contributed by atoms with Gasteiger partial charge in [-0.2, -0.15) is 0 Å². The summed E-state index contributed by atoms with van der Waals surface area (Å²) < 4.78 is 18.8. The number of ether oxygens (including phenoxy) is 1. The van der Waals surface area contributed by atoms with Crippen LogP contribution in [0.4, 0.5) is 0 Å². The number of benzene rings is 1.